The lowest BCUT2D eigenvalue weighted by atomic mass is 10.0. The Kier molecular flexibility index (Phi) is 7.33. The molecule has 1 atom stereocenters. The van der Waals surface area contributed by atoms with Crippen LogP contribution in [0.2, 0.25) is 0 Å². The first-order chi connectivity index (χ1) is 8.37. The van der Waals surface area contributed by atoms with Crippen LogP contribution in [0.15, 0.2) is 5.16 Å². The largest absolute Gasteiger partial charge is 0.409 e. The summed E-state index contributed by atoms with van der Waals surface area (Å²) in [6.45, 7) is 3.45. The molecule has 0 aliphatic rings. The van der Waals surface area contributed by atoms with Crippen LogP contribution in [-0.4, -0.2) is 43.4 Å². The highest BCUT2D eigenvalue weighted by atomic mass is 32.2. The van der Waals surface area contributed by atoms with Crippen molar-refractivity contribution >= 4 is 21.6 Å². The minimum atomic E-state index is -3.10. The summed E-state index contributed by atoms with van der Waals surface area (Å²) in [6.07, 6.45) is 1.14. The predicted molar refractivity (Wildman–Crippen MR) is 69.1 cm³/mol. The number of amides is 1. The summed E-state index contributed by atoms with van der Waals surface area (Å²) in [7, 11) is -3.10. The van der Waals surface area contributed by atoms with Gasteiger partial charge in [-0.05, 0) is 6.42 Å². The predicted octanol–water partition coefficient (Wildman–Crippen LogP) is -0.300. The van der Waals surface area contributed by atoms with E-state index in [4.69, 9.17) is 10.9 Å². The molecule has 1 unspecified atom stereocenters. The van der Waals surface area contributed by atoms with Crippen LogP contribution in [-0.2, 0) is 14.6 Å². The van der Waals surface area contributed by atoms with Crippen LogP contribution in [0, 0.1) is 5.92 Å². The second kappa shape index (κ2) is 7.91. The molecule has 0 aliphatic carbocycles. The smallest absolute Gasteiger partial charge is 0.230 e. The summed E-state index contributed by atoms with van der Waals surface area (Å²) in [5, 5.41) is 13.9. The highest BCUT2D eigenvalue weighted by Crippen LogP contribution is 2.06. The van der Waals surface area contributed by atoms with E-state index in [1.54, 1.807) is 6.92 Å². The van der Waals surface area contributed by atoms with Gasteiger partial charge < -0.3 is 16.3 Å². The Morgan fingerprint density at radius 1 is 1.44 bits per heavy atom. The molecule has 0 rings (SSSR count). The number of nitrogens with one attached hydrogen (secondary N) is 1. The molecule has 18 heavy (non-hydrogen) atoms. The van der Waals surface area contributed by atoms with Gasteiger partial charge in [-0.1, -0.05) is 25.4 Å². The molecule has 106 valence electrons. The Bertz CT molecular complexity index is 392. The van der Waals surface area contributed by atoms with Gasteiger partial charge in [0.15, 0.2) is 15.7 Å². The van der Waals surface area contributed by atoms with Crippen molar-refractivity contribution in [3.05, 3.63) is 0 Å². The van der Waals surface area contributed by atoms with Gasteiger partial charge in [0.25, 0.3) is 0 Å². The molecule has 7 nitrogen and oxygen atoms in total. The summed E-state index contributed by atoms with van der Waals surface area (Å²) in [4.78, 5) is 11.7. The van der Waals surface area contributed by atoms with Crippen molar-refractivity contribution in [2.45, 2.75) is 26.7 Å². The SMILES string of the molecule is CCCC(C(=O)NCCS(=O)(=O)CC)C(N)=NO. The van der Waals surface area contributed by atoms with Crippen molar-refractivity contribution in [1.82, 2.24) is 5.32 Å². The van der Waals surface area contributed by atoms with Crippen molar-refractivity contribution in [1.29, 1.82) is 0 Å². The van der Waals surface area contributed by atoms with E-state index in [9.17, 15) is 13.2 Å². The van der Waals surface area contributed by atoms with E-state index in [0.29, 0.717) is 12.8 Å². The number of nitrogens with zero attached hydrogens (tertiary/aromatic N) is 1. The van der Waals surface area contributed by atoms with E-state index in [2.05, 4.69) is 10.5 Å². The van der Waals surface area contributed by atoms with Crippen LogP contribution in [0.5, 0.6) is 0 Å². The quantitative estimate of drug-likeness (QED) is 0.244. The number of nitrogens with two attached hydrogens (primary N) is 1. The Morgan fingerprint density at radius 3 is 2.50 bits per heavy atom. The fraction of sp³-hybridized carbons (Fsp3) is 0.800. The molecule has 0 spiro atoms. The molecule has 8 heteroatoms. The second-order valence-electron chi connectivity index (χ2n) is 3.89. The van der Waals surface area contributed by atoms with E-state index in [-0.39, 0.29) is 23.9 Å². The van der Waals surface area contributed by atoms with Gasteiger partial charge in [-0.3, -0.25) is 4.79 Å². The van der Waals surface area contributed by atoms with Gasteiger partial charge in [0, 0.05) is 12.3 Å². The Hall–Kier alpha value is -1.31. The zero-order valence-electron chi connectivity index (χ0n) is 10.7. The molecule has 0 aromatic carbocycles. The maximum atomic E-state index is 11.7. The van der Waals surface area contributed by atoms with E-state index in [1.807, 2.05) is 6.92 Å². The summed E-state index contributed by atoms with van der Waals surface area (Å²) in [5.74, 6) is -1.36. The monoisotopic (exact) mass is 279 g/mol. The Morgan fingerprint density at radius 2 is 2.06 bits per heavy atom. The van der Waals surface area contributed by atoms with Gasteiger partial charge in [-0.15, -0.1) is 0 Å². The van der Waals surface area contributed by atoms with Gasteiger partial charge in [0.2, 0.25) is 5.91 Å². The maximum absolute atomic E-state index is 11.7. The topological polar surface area (TPSA) is 122 Å². The minimum absolute atomic E-state index is 0.0356. The molecule has 0 aromatic heterocycles. The lowest BCUT2D eigenvalue weighted by Gasteiger charge is -2.14. The number of hydrogen-bond acceptors (Lipinski definition) is 5. The van der Waals surface area contributed by atoms with Crippen molar-refractivity contribution in [3.63, 3.8) is 0 Å². The van der Waals surface area contributed by atoms with Crippen LogP contribution in [0.1, 0.15) is 26.7 Å². The fourth-order valence-corrected chi connectivity index (χ4v) is 2.07. The first-order valence-electron chi connectivity index (χ1n) is 5.83. The number of oxime groups is 1. The van der Waals surface area contributed by atoms with Gasteiger partial charge in [0.05, 0.1) is 11.7 Å². The van der Waals surface area contributed by atoms with Crippen LogP contribution in [0.4, 0.5) is 0 Å². The maximum Gasteiger partial charge on any atom is 0.230 e. The van der Waals surface area contributed by atoms with Gasteiger partial charge in [-0.25, -0.2) is 8.42 Å². The third-order valence-corrected chi connectivity index (χ3v) is 4.22. The second-order valence-corrected chi connectivity index (χ2v) is 6.37. The van der Waals surface area contributed by atoms with Gasteiger partial charge in [0.1, 0.15) is 0 Å². The van der Waals surface area contributed by atoms with E-state index in [0.717, 1.165) is 0 Å². The molecule has 0 aromatic rings. The number of rotatable bonds is 8. The first kappa shape index (κ1) is 16.7. The molecule has 0 bridgehead atoms. The van der Waals surface area contributed by atoms with Gasteiger partial charge >= 0.3 is 0 Å². The molecule has 0 aliphatic heterocycles. The highest BCUT2D eigenvalue weighted by molar-refractivity contribution is 7.91. The molecule has 0 radical (unpaired) electrons. The molecule has 0 fully saturated rings. The van der Waals surface area contributed by atoms with E-state index >= 15 is 0 Å². The van der Waals surface area contributed by atoms with Gasteiger partial charge in [-0.2, -0.15) is 0 Å². The number of hydrogen-bond donors (Lipinski definition) is 3. The lowest BCUT2D eigenvalue weighted by Crippen LogP contribution is -2.40. The van der Waals surface area contributed by atoms with Crippen LogP contribution >= 0.6 is 0 Å². The van der Waals surface area contributed by atoms with Crippen molar-refractivity contribution in [2.75, 3.05) is 18.1 Å². The summed E-state index contributed by atoms with van der Waals surface area (Å²) >= 11 is 0. The first-order valence-corrected chi connectivity index (χ1v) is 7.65. The molecular formula is C10H21N3O4S. The Labute approximate surface area is 107 Å². The molecule has 0 saturated heterocycles. The van der Waals surface area contributed by atoms with Crippen LogP contribution in [0.25, 0.3) is 0 Å². The Balaban J connectivity index is 4.37. The highest BCUT2D eigenvalue weighted by Gasteiger charge is 2.22. The van der Waals surface area contributed by atoms with Crippen molar-refractivity contribution in [3.8, 4) is 0 Å². The zero-order chi connectivity index (χ0) is 14.2. The van der Waals surface area contributed by atoms with Crippen molar-refractivity contribution in [2.24, 2.45) is 16.8 Å². The number of carbonyl (C=O) groups excluding carboxylic acids is 1. The number of carbonyl (C=O) groups is 1. The standard InChI is InChI=1S/C10H21N3O4S/c1-3-5-8(9(11)13-15)10(14)12-6-7-18(16,17)4-2/h8,15H,3-7H2,1-2H3,(H2,11,13)(H,12,14). The van der Waals surface area contributed by atoms with E-state index in [1.165, 1.54) is 0 Å². The molecular weight excluding hydrogens is 258 g/mol. The summed E-state index contributed by atoms with van der Waals surface area (Å²) in [5.41, 5.74) is 5.41. The third-order valence-electron chi connectivity index (χ3n) is 2.52. The normalized spacial score (nSPS) is 14.2. The molecule has 4 N–H and O–H groups in total. The summed E-state index contributed by atoms with van der Waals surface area (Å²) < 4.78 is 22.5. The minimum Gasteiger partial charge on any atom is -0.409 e. The van der Waals surface area contributed by atoms with Crippen LogP contribution in [0.3, 0.4) is 0 Å². The fourth-order valence-electron chi connectivity index (χ4n) is 1.37. The molecule has 0 saturated carbocycles. The molecule has 1 amide bonds. The lowest BCUT2D eigenvalue weighted by molar-refractivity contribution is -0.123. The number of amidine groups is 1. The average Bonchev–Trinajstić information content (AvgIpc) is 2.34. The number of sulfone groups is 1. The van der Waals surface area contributed by atoms with E-state index < -0.39 is 21.7 Å². The zero-order valence-corrected chi connectivity index (χ0v) is 11.5. The average molecular weight is 279 g/mol. The third kappa shape index (κ3) is 5.85. The van der Waals surface area contributed by atoms with Crippen molar-refractivity contribution < 1.29 is 18.4 Å². The summed E-state index contributed by atoms with van der Waals surface area (Å²) in [6, 6.07) is 0. The molecule has 0 heterocycles. The van der Waals surface area contributed by atoms with Crippen LogP contribution < -0.4 is 11.1 Å².